The lowest BCUT2D eigenvalue weighted by molar-refractivity contribution is 0.0915. The second-order valence-corrected chi connectivity index (χ2v) is 6.47. The second kappa shape index (κ2) is 10.0. The fourth-order valence-corrected chi connectivity index (χ4v) is 3.55. The minimum absolute atomic E-state index is 0. The van der Waals surface area contributed by atoms with E-state index in [1.54, 1.807) is 11.3 Å². The molecule has 1 aliphatic heterocycles. The maximum absolute atomic E-state index is 5.94. The van der Waals surface area contributed by atoms with E-state index in [4.69, 9.17) is 4.74 Å². The molecule has 6 heteroatoms. The molecule has 1 aromatic heterocycles. The van der Waals surface area contributed by atoms with Crippen LogP contribution in [0.5, 0.6) is 0 Å². The molecule has 2 unspecified atom stereocenters. The van der Waals surface area contributed by atoms with Crippen LogP contribution in [-0.4, -0.2) is 26.2 Å². The topological polar surface area (TPSA) is 45.7 Å². The van der Waals surface area contributed by atoms with Crippen molar-refractivity contribution in [3.8, 4) is 0 Å². The maximum atomic E-state index is 5.94. The first-order valence-electron chi connectivity index (χ1n) is 7.99. The Morgan fingerprint density at radius 3 is 2.79 bits per heavy atom. The zero-order chi connectivity index (χ0) is 15.9. The average molecular weight is 457 g/mol. The highest BCUT2D eigenvalue weighted by Gasteiger charge is 2.29. The van der Waals surface area contributed by atoms with Crippen LogP contribution in [0.1, 0.15) is 23.7 Å². The van der Waals surface area contributed by atoms with Crippen LogP contribution in [0, 0.1) is 5.92 Å². The summed E-state index contributed by atoms with van der Waals surface area (Å²) in [6.45, 7) is 2.49. The summed E-state index contributed by atoms with van der Waals surface area (Å²) in [5, 5.41) is 11.0. The molecule has 0 radical (unpaired) electrons. The van der Waals surface area contributed by atoms with Gasteiger partial charge >= 0.3 is 0 Å². The molecule has 3 rings (SSSR count). The van der Waals surface area contributed by atoms with E-state index < -0.39 is 0 Å². The fraction of sp³-hybridized carbons (Fsp3) is 0.389. The molecule has 2 atom stereocenters. The van der Waals surface area contributed by atoms with E-state index in [-0.39, 0.29) is 30.1 Å². The normalized spacial score (nSPS) is 20.5. The molecule has 1 fully saturated rings. The van der Waals surface area contributed by atoms with Gasteiger partial charge in [-0.2, -0.15) is 11.3 Å². The molecular formula is C18H24IN3OS. The number of hydrogen-bond donors (Lipinski definition) is 2. The quantitative estimate of drug-likeness (QED) is 0.408. The number of ether oxygens (including phenoxy) is 1. The third-order valence-electron chi connectivity index (χ3n) is 4.14. The molecule has 2 heterocycles. The summed E-state index contributed by atoms with van der Waals surface area (Å²) in [4.78, 5) is 4.30. The van der Waals surface area contributed by atoms with Crippen molar-refractivity contribution in [3.63, 3.8) is 0 Å². The predicted octanol–water partition coefficient (Wildman–Crippen LogP) is 3.81. The van der Waals surface area contributed by atoms with Gasteiger partial charge in [-0.05, 0) is 34.4 Å². The van der Waals surface area contributed by atoms with Crippen molar-refractivity contribution in [2.24, 2.45) is 10.9 Å². The first-order valence-corrected chi connectivity index (χ1v) is 8.93. The van der Waals surface area contributed by atoms with Gasteiger partial charge in [-0.25, -0.2) is 0 Å². The van der Waals surface area contributed by atoms with E-state index in [2.05, 4.69) is 56.7 Å². The van der Waals surface area contributed by atoms with Crippen LogP contribution in [0.3, 0.4) is 0 Å². The minimum Gasteiger partial charge on any atom is -0.373 e. The smallest absolute Gasteiger partial charge is 0.191 e. The van der Waals surface area contributed by atoms with Crippen molar-refractivity contribution >= 4 is 41.3 Å². The summed E-state index contributed by atoms with van der Waals surface area (Å²) in [5.74, 6) is 1.31. The zero-order valence-electron chi connectivity index (χ0n) is 13.8. The van der Waals surface area contributed by atoms with Crippen molar-refractivity contribution in [2.75, 3.05) is 20.2 Å². The number of aliphatic imine (C=N–C) groups is 1. The van der Waals surface area contributed by atoms with E-state index in [0.717, 1.165) is 32.1 Å². The van der Waals surface area contributed by atoms with E-state index in [1.165, 1.54) is 11.1 Å². The van der Waals surface area contributed by atoms with Crippen molar-refractivity contribution < 1.29 is 4.74 Å². The number of halogens is 1. The first kappa shape index (κ1) is 19.2. The van der Waals surface area contributed by atoms with Gasteiger partial charge in [-0.1, -0.05) is 30.3 Å². The van der Waals surface area contributed by atoms with Crippen LogP contribution in [0.4, 0.5) is 0 Å². The highest BCUT2D eigenvalue weighted by Crippen LogP contribution is 2.33. The molecule has 1 aliphatic rings. The Labute approximate surface area is 164 Å². The van der Waals surface area contributed by atoms with E-state index in [9.17, 15) is 0 Å². The van der Waals surface area contributed by atoms with E-state index >= 15 is 0 Å². The van der Waals surface area contributed by atoms with Crippen LogP contribution in [0.15, 0.2) is 52.2 Å². The summed E-state index contributed by atoms with van der Waals surface area (Å²) < 4.78 is 5.94. The van der Waals surface area contributed by atoms with Gasteiger partial charge in [-0.3, -0.25) is 4.99 Å². The monoisotopic (exact) mass is 457 g/mol. The third kappa shape index (κ3) is 5.19. The van der Waals surface area contributed by atoms with Gasteiger partial charge in [0.2, 0.25) is 0 Å². The molecule has 2 aromatic rings. The molecule has 1 aromatic carbocycles. The molecule has 1 saturated heterocycles. The number of guanidine groups is 1. The number of rotatable bonds is 5. The van der Waals surface area contributed by atoms with Crippen LogP contribution < -0.4 is 10.6 Å². The van der Waals surface area contributed by atoms with Gasteiger partial charge in [0.1, 0.15) is 0 Å². The average Bonchev–Trinajstić information content (AvgIpc) is 3.27. The lowest BCUT2D eigenvalue weighted by atomic mass is 9.95. The van der Waals surface area contributed by atoms with Gasteiger partial charge in [0.25, 0.3) is 0 Å². The standard InChI is InChI=1S/C18H23N3OS.HI/c1-19-18(20-11-14-8-10-23-13-14)21-12-16-7-9-22-17(16)15-5-3-2-4-6-15;/h2-6,8,10,13,16-17H,7,9,11-12H2,1H3,(H2,19,20,21);1H. The van der Waals surface area contributed by atoms with E-state index in [1.807, 2.05) is 13.1 Å². The predicted molar refractivity (Wildman–Crippen MR) is 111 cm³/mol. The Bertz CT molecular complexity index is 618. The molecule has 24 heavy (non-hydrogen) atoms. The first-order chi connectivity index (χ1) is 11.4. The summed E-state index contributed by atoms with van der Waals surface area (Å²) in [6, 6.07) is 12.6. The molecular weight excluding hydrogens is 433 g/mol. The molecule has 0 aliphatic carbocycles. The summed E-state index contributed by atoms with van der Waals surface area (Å²) in [6.07, 6.45) is 1.26. The summed E-state index contributed by atoms with van der Waals surface area (Å²) >= 11 is 1.71. The molecule has 0 amide bonds. The van der Waals surface area contributed by atoms with Crippen LogP contribution >= 0.6 is 35.3 Å². The minimum atomic E-state index is 0. The fourth-order valence-electron chi connectivity index (χ4n) is 2.88. The van der Waals surface area contributed by atoms with Crippen LogP contribution in [0.2, 0.25) is 0 Å². The number of nitrogens with one attached hydrogen (secondary N) is 2. The highest BCUT2D eigenvalue weighted by atomic mass is 127. The Balaban J connectivity index is 0.00000208. The van der Waals surface area contributed by atoms with Crippen LogP contribution in [0.25, 0.3) is 0 Å². The van der Waals surface area contributed by atoms with Gasteiger partial charge < -0.3 is 15.4 Å². The van der Waals surface area contributed by atoms with Gasteiger partial charge in [-0.15, -0.1) is 24.0 Å². The molecule has 130 valence electrons. The second-order valence-electron chi connectivity index (χ2n) is 5.69. The maximum Gasteiger partial charge on any atom is 0.191 e. The van der Waals surface area contributed by atoms with Crippen molar-refractivity contribution in [1.29, 1.82) is 0 Å². The largest absolute Gasteiger partial charge is 0.373 e. The summed E-state index contributed by atoms with van der Waals surface area (Å²) in [7, 11) is 1.81. The third-order valence-corrected chi connectivity index (χ3v) is 4.87. The zero-order valence-corrected chi connectivity index (χ0v) is 16.9. The SMILES string of the molecule is CN=C(NCc1ccsc1)NCC1CCOC1c1ccccc1.I. The lowest BCUT2D eigenvalue weighted by Crippen LogP contribution is -2.39. The molecule has 0 spiro atoms. The van der Waals surface area contributed by atoms with Gasteiger partial charge in [0.15, 0.2) is 5.96 Å². The number of thiophene rings is 1. The van der Waals surface area contributed by atoms with Crippen LogP contribution in [-0.2, 0) is 11.3 Å². The Kier molecular flexibility index (Phi) is 8.01. The van der Waals surface area contributed by atoms with Crippen molar-refractivity contribution in [3.05, 3.63) is 58.3 Å². The van der Waals surface area contributed by atoms with Gasteiger partial charge in [0.05, 0.1) is 6.10 Å². The number of hydrogen-bond acceptors (Lipinski definition) is 3. The molecule has 0 bridgehead atoms. The molecule has 0 saturated carbocycles. The van der Waals surface area contributed by atoms with Crippen molar-refractivity contribution in [2.45, 2.75) is 19.1 Å². The summed E-state index contributed by atoms with van der Waals surface area (Å²) in [5.41, 5.74) is 2.54. The van der Waals surface area contributed by atoms with Gasteiger partial charge in [0, 0.05) is 32.7 Å². The highest BCUT2D eigenvalue weighted by molar-refractivity contribution is 14.0. The Morgan fingerprint density at radius 2 is 2.08 bits per heavy atom. The van der Waals surface area contributed by atoms with Crippen molar-refractivity contribution in [1.82, 2.24) is 10.6 Å². The number of benzene rings is 1. The van der Waals surface area contributed by atoms with E-state index in [0.29, 0.717) is 5.92 Å². The number of nitrogens with zero attached hydrogens (tertiary/aromatic N) is 1. The molecule has 4 nitrogen and oxygen atoms in total. The molecule has 2 N–H and O–H groups in total. The Hall–Kier alpha value is -1.12. The Morgan fingerprint density at radius 1 is 1.25 bits per heavy atom. The lowest BCUT2D eigenvalue weighted by Gasteiger charge is -2.20.